The summed E-state index contributed by atoms with van der Waals surface area (Å²) in [5, 5.41) is 19.2. The second-order valence-electron chi connectivity index (χ2n) is 8.74. The number of esters is 1. The second kappa shape index (κ2) is 21.1. The summed E-state index contributed by atoms with van der Waals surface area (Å²) >= 11 is 0. The van der Waals surface area contributed by atoms with Crippen LogP contribution in [-0.2, 0) is 14.3 Å². The molecule has 0 saturated carbocycles. The molecule has 0 aromatic carbocycles. The summed E-state index contributed by atoms with van der Waals surface area (Å²) in [4.78, 5) is 23.2. The average Bonchev–Trinajstić information content (AvgIpc) is 2.68. The molecular weight excluding hydrogens is 380 g/mol. The fourth-order valence-electron chi connectivity index (χ4n) is 3.77. The van der Waals surface area contributed by atoms with Crippen LogP contribution in [0.15, 0.2) is 0 Å². The summed E-state index contributed by atoms with van der Waals surface area (Å²) in [7, 11) is 0. The van der Waals surface area contributed by atoms with Crippen molar-refractivity contribution in [2.45, 2.75) is 148 Å². The monoisotopic (exact) mass is 428 g/mol. The molecule has 178 valence electrons. The first-order valence-corrected chi connectivity index (χ1v) is 12.6. The van der Waals surface area contributed by atoms with Crippen molar-refractivity contribution in [2.24, 2.45) is 0 Å². The van der Waals surface area contributed by atoms with E-state index in [0.717, 1.165) is 32.1 Å². The first-order valence-electron chi connectivity index (χ1n) is 12.6. The van der Waals surface area contributed by atoms with Crippen molar-refractivity contribution in [2.75, 3.05) is 0 Å². The van der Waals surface area contributed by atoms with Crippen molar-refractivity contribution < 1.29 is 24.5 Å². The number of ether oxygens (including phenoxy) is 1. The van der Waals surface area contributed by atoms with Gasteiger partial charge in [-0.2, -0.15) is 0 Å². The molecule has 0 aliphatic heterocycles. The van der Waals surface area contributed by atoms with E-state index in [2.05, 4.69) is 13.8 Å². The first-order chi connectivity index (χ1) is 14.5. The lowest BCUT2D eigenvalue weighted by molar-refractivity contribution is -0.155. The highest BCUT2D eigenvalue weighted by Crippen LogP contribution is 2.16. The standard InChI is InChI=1S/C25H48O5/c1-3-5-7-9-11-12-13-14-16-18-22(26)20-25(29)30-23(21-24(27)28)19-17-15-10-8-6-4-2/h22-23,26H,3-21H2,1-2H3,(H,27,28). The van der Waals surface area contributed by atoms with Gasteiger partial charge >= 0.3 is 11.9 Å². The highest BCUT2D eigenvalue weighted by molar-refractivity contribution is 5.71. The zero-order valence-electron chi connectivity index (χ0n) is 19.7. The zero-order valence-corrected chi connectivity index (χ0v) is 19.7. The Hall–Kier alpha value is -1.10. The lowest BCUT2D eigenvalue weighted by Gasteiger charge is -2.17. The summed E-state index contributed by atoms with van der Waals surface area (Å²) in [6.07, 6.45) is 17.4. The Labute approximate surface area is 185 Å². The van der Waals surface area contributed by atoms with Crippen LogP contribution < -0.4 is 0 Å². The third-order valence-electron chi connectivity index (χ3n) is 5.62. The van der Waals surface area contributed by atoms with E-state index in [-0.39, 0.29) is 12.8 Å². The summed E-state index contributed by atoms with van der Waals surface area (Å²) in [5.74, 6) is -1.43. The number of carbonyl (C=O) groups excluding carboxylic acids is 1. The lowest BCUT2D eigenvalue weighted by atomic mass is 10.0. The van der Waals surface area contributed by atoms with Crippen LogP contribution in [0.25, 0.3) is 0 Å². The lowest BCUT2D eigenvalue weighted by Crippen LogP contribution is -2.24. The third kappa shape index (κ3) is 20.2. The van der Waals surface area contributed by atoms with Gasteiger partial charge in [-0.3, -0.25) is 9.59 Å². The zero-order chi connectivity index (χ0) is 22.5. The third-order valence-corrected chi connectivity index (χ3v) is 5.62. The van der Waals surface area contributed by atoms with Crippen LogP contribution in [-0.4, -0.2) is 34.4 Å². The van der Waals surface area contributed by atoms with Gasteiger partial charge in [0, 0.05) is 0 Å². The maximum Gasteiger partial charge on any atom is 0.308 e. The summed E-state index contributed by atoms with van der Waals surface area (Å²) in [6, 6.07) is 0. The van der Waals surface area contributed by atoms with Gasteiger partial charge in [-0.25, -0.2) is 0 Å². The molecule has 0 aliphatic rings. The first kappa shape index (κ1) is 28.9. The Bertz CT molecular complexity index is 410. The van der Waals surface area contributed by atoms with Crippen LogP contribution in [0.4, 0.5) is 0 Å². The SMILES string of the molecule is CCCCCCCCCCCC(O)CC(=O)OC(CCCCCCCC)CC(=O)O. The Kier molecular flexibility index (Phi) is 20.4. The number of unbranched alkanes of at least 4 members (excludes halogenated alkanes) is 13. The Morgan fingerprint density at radius 2 is 1.10 bits per heavy atom. The number of aliphatic hydroxyl groups is 1. The molecule has 0 saturated heterocycles. The predicted molar refractivity (Wildman–Crippen MR) is 123 cm³/mol. The number of aliphatic carboxylic acids is 1. The topological polar surface area (TPSA) is 83.8 Å². The highest BCUT2D eigenvalue weighted by Gasteiger charge is 2.20. The van der Waals surface area contributed by atoms with E-state index in [1.54, 1.807) is 0 Å². The predicted octanol–water partition coefficient (Wildman–Crippen LogP) is 6.80. The van der Waals surface area contributed by atoms with Crippen molar-refractivity contribution in [3.8, 4) is 0 Å². The Balaban J connectivity index is 3.89. The van der Waals surface area contributed by atoms with Crippen molar-refractivity contribution in [3.05, 3.63) is 0 Å². The molecule has 0 fully saturated rings. The molecule has 0 radical (unpaired) electrons. The van der Waals surface area contributed by atoms with Gasteiger partial charge in [0.2, 0.25) is 0 Å². The summed E-state index contributed by atoms with van der Waals surface area (Å²) < 4.78 is 5.37. The Morgan fingerprint density at radius 3 is 1.57 bits per heavy atom. The fraction of sp³-hybridized carbons (Fsp3) is 0.920. The average molecular weight is 429 g/mol. The number of hydrogen-bond acceptors (Lipinski definition) is 4. The minimum atomic E-state index is -0.950. The maximum atomic E-state index is 12.1. The summed E-state index contributed by atoms with van der Waals surface area (Å²) in [6.45, 7) is 4.40. The molecule has 0 amide bonds. The van der Waals surface area contributed by atoms with Crippen molar-refractivity contribution in [3.63, 3.8) is 0 Å². The number of carboxylic acids is 1. The molecule has 0 aliphatic carbocycles. The van der Waals surface area contributed by atoms with Crippen molar-refractivity contribution in [1.82, 2.24) is 0 Å². The van der Waals surface area contributed by atoms with Crippen molar-refractivity contribution in [1.29, 1.82) is 0 Å². The minimum Gasteiger partial charge on any atom is -0.481 e. The van der Waals surface area contributed by atoms with Crippen LogP contribution in [0.2, 0.25) is 0 Å². The quantitative estimate of drug-likeness (QED) is 0.146. The molecule has 5 heteroatoms. The fourth-order valence-corrected chi connectivity index (χ4v) is 3.77. The molecule has 0 rings (SSSR count). The van der Waals surface area contributed by atoms with E-state index < -0.39 is 24.1 Å². The number of carboxylic acid groups (broad SMARTS) is 1. The van der Waals surface area contributed by atoms with Crippen LogP contribution in [0.1, 0.15) is 136 Å². The van der Waals surface area contributed by atoms with Crippen LogP contribution in [0, 0.1) is 0 Å². The van der Waals surface area contributed by atoms with Crippen molar-refractivity contribution >= 4 is 11.9 Å². The maximum absolute atomic E-state index is 12.1. The minimum absolute atomic E-state index is 0.0381. The van der Waals surface area contributed by atoms with E-state index in [1.807, 2.05) is 0 Å². The molecule has 2 atom stereocenters. The highest BCUT2D eigenvalue weighted by atomic mass is 16.5. The van der Waals surface area contributed by atoms with E-state index >= 15 is 0 Å². The Morgan fingerprint density at radius 1 is 0.667 bits per heavy atom. The molecule has 2 N–H and O–H groups in total. The second-order valence-corrected chi connectivity index (χ2v) is 8.74. The molecule has 30 heavy (non-hydrogen) atoms. The molecule has 0 heterocycles. The van der Waals surface area contributed by atoms with E-state index in [0.29, 0.717) is 12.8 Å². The van der Waals surface area contributed by atoms with Gasteiger partial charge in [-0.05, 0) is 19.3 Å². The number of hydrogen-bond donors (Lipinski definition) is 2. The number of aliphatic hydroxyl groups excluding tert-OH is 1. The van der Waals surface area contributed by atoms with Gasteiger partial charge in [0.1, 0.15) is 6.10 Å². The van der Waals surface area contributed by atoms with Crippen LogP contribution in [0.3, 0.4) is 0 Å². The van der Waals surface area contributed by atoms with Gasteiger partial charge in [0.25, 0.3) is 0 Å². The van der Waals surface area contributed by atoms with Crippen LogP contribution in [0.5, 0.6) is 0 Å². The largest absolute Gasteiger partial charge is 0.481 e. The molecule has 5 nitrogen and oxygen atoms in total. The van der Waals surface area contributed by atoms with Gasteiger partial charge in [-0.1, -0.05) is 104 Å². The van der Waals surface area contributed by atoms with E-state index in [9.17, 15) is 14.7 Å². The molecule has 0 aromatic rings. The van der Waals surface area contributed by atoms with Crippen LogP contribution >= 0.6 is 0 Å². The normalized spacial score (nSPS) is 13.2. The van der Waals surface area contributed by atoms with Gasteiger partial charge in [0.15, 0.2) is 0 Å². The molecule has 0 aromatic heterocycles. The van der Waals surface area contributed by atoms with E-state index in [1.165, 1.54) is 64.2 Å². The molecule has 2 unspecified atom stereocenters. The molecule has 0 bridgehead atoms. The van der Waals surface area contributed by atoms with Gasteiger partial charge in [-0.15, -0.1) is 0 Å². The molecular formula is C25H48O5. The number of rotatable bonds is 22. The van der Waals surface area contributed by atoms with Gasteiger partial charge in [0.05, 0.1) is 18.9 Å². The van der Waals surface area contributed by atoms with Gasteiger partial charge < -0.3 is 14.9 Å². The summed E-state index contributed by atoms with van der Waals surface area (Å²) in [5.41, 5.74) is 0. The van der Waals surface area contributed by atoms with E-state index in [4.69, 9.17) is 9.84 Å². The molecule has 0 spiro atoms. The smallest absolute Gasteiger partial charge is 0.308 e. The number of carbonyl (C=O) groups is 2.